The van der Waals surface area contributed by atoms with Crippen LogP contribution in [0, 0.1) is 6.92 Å². The molecule has 0 atom stereocenters. The van der Waals surface area contributed by atoms with Crippen LogP contribution in [0.25, 0.3) is 0 Å². The second-order valence-electron chi connectivity index (χ2n) is 5.97. The van der Waals surface area contributed by atoms with Gasteiger partial charge in [-0.1, -0.05) is 35.9 Å². The van der Waals surface area contributed by atoms with Crippen molar-refractivity contribution < 1.29 is 4.79 Å². The Kier molecular flexibility index (Phi) is 6.02. The maximum Gasteiger partial charge on any atom is 0.269 e. The van der Waals surface area contributed by atoms with Crippen molar-refractivity contribution in [3.8, 4) is 0 Å². The first-order valence-corrected chi connectivity index (χ1v) is 8.87. The Morgan fingerprint density at radius 3 is 1.93 bits per heavy atom. The van der Waals surface area contributed by atoms with E-state index in [0.29, 0.717) is 10.7 Å². The molecule has 136 valence electrons. The van der Waals surface area contributed by atoms with Gasteiger partial charge < -0.3 is 10.6 Å². The summed E-state index contributed by atoms with van der Waals surface area (Å²) >= 11 is 5.30. The third-order valence-electron chi connectivity index (χ3n) is 3.81. The molecule has 0 spiro atoms. The number of hydrogen-bond acceptors (Lipinski definition) is 3. The van der Waals surface area contributed by atoms with Crippen LogP contribution in [-0.4, -0.2) is 11.0 Å². The van der Waals surface area contributed by atoms with Gasteiger partial charge in [-0.15, -0.1) is 0 Å². The molecular weight excluding hydrogens is 356 g/mol. The zero-order chi connectivity index (χ0) is 19.1. The molecule has 5 nitrogen and oxygen atoms in total. The van der Waals surface area contributed by atoms with E-state index < -0.39 is 0 Å². The highest BCUT2D eigenvalue weighted by atomic mass is 32.1. The van der Waals surface area contributed by atoms with Crippen LogP contribution in [0.5, 0.6) is 0 Å². The van der Waals surface area contributed by atoms with Crippen LogP contribution in [0.3, 0.4) is 0 Å². The molecule has 0 heterocycles. The summed E-state index contributed by atoms with van der Waals surface area (Å²) in [7, 11) is 0. The number of para-hydroxylation sites is 1. The number of amides is 1. The molecule has 0 aliphatic carbocycles. The van der Waals surface area contributed by atoms with Crippen molar-refractivity contribution in [2.24, 2.45) is 0 Å². The van der Waals surface area contributed by atoms with E-state index in [2.05, 4.69) is 21.5 Å². The van der Waals surface area contributed by atoms with Crippen LogP contribution >= 0.6 is 12.2 Å². The van der Waals surface area contributed by atoms with Crippen LogP contribution in [0.2, 0.25) is 0 Å². The van der Waals surface area contributed by atoms with E-state index in [1.807, 2.05) is 73.7 Å². The molecule has 1 amide bonds. The molecule has 0 saturated heterocycles. The van der Waals surface area contributed by atoms with Crippen molar-refractivity contribution in [3.63, 3.8) is 0 Å². The maximum absolute atomic E-state index is 12.1. The highest BCUT2D eigenvalue weighted by Crippen LogP contribution is 2.14. The van der Waals surface area contributed by atoms with Gasteiger partial charge in [0.25, 0.3) is 5.91 Å². The minimum atomic E-state index is -0.189. The lowest BCUT2D eigenvalue weighted by Gasteiger charge is -2.12. The van der Waals surface area contributed by atoms with Crippen molar-refractivity contribution >= 4 is 40.3 Å². The molecule has 3 aromatic carbocycles. The van der Waals surface area contributed by atoms with Crippen LogP contribution in [0.1, 0.15) is 15.9 Å². The fourth-order valence-electron chi connectivity index (χ4n) is 2.36. The summed E-state index contributed by atoms with van der Waals surface area (Å²) in [4.78, 5) is 12.1. The average Bonchev–Trinajstić information content (AvgIpc) is 2.68. The largest absolute Gasteiger partial charge is 0.332 e. The number of hydrazine groups is 1. The Morgan fingerprint density at radius 2 is 1.30 bits per heavy atom. The van der Waals surface area contributed by atoms with E-state index in [4.69, 9.17) is 12.2 Å². The van der Waals surface area contributed by atoms with E-state index in [0.717, 1.165) is 22.6 Å². The van der Waals surface area contributed by atoms with Gasteiger partial charge in [0.1, 0.15) is 0 Å². The molecule has 27 heavy (non-hydrogen) atoms. The number of benzene rings is 3. The van der Waals surface area contributed by atoms with E-state index in [-0.39, 0.29) is 5.91 Å². The van der Waals surface area contributed by atoms with Crippen molar-refractivity contribution in [2.45, 2.75) is 6.92 Å². The van der Waals surface area contributed by atoms with Crippen LogP contribution in [0.15, 0.2) is 78.9 Å². The summed E-state index contributed by atoms with van der Waals surface area (Å²) in [5.74, 6) is -0.189. The number of aryl methyl sites for hydroxylation is 1. The van der Waals surface area contributed by atoms with Gasteiger partial charge in [0, 0.05) is 16.9 Å². The molecule has 3 aromatic rings. The number of carbonyl (C=O) groups excluding carboxylic acids is 1. The maximum atomic E-state index is 12.1. The number of thiocarbonyl (C=S) groups is 1. The van der Waals surface area contributed by atoms with Crippen molar-refractivity contribution in [1.82, 2.24) is 5.43 Å². The second kappa shape index (κ2) is 8.82. The number of rotatable bonds is 5. The number of nitrogens with one attached hydrogen (secondary N) is 4. The zero-order valence-electron chi connectivity index (χ0n) is 14.8. The van der Waals surface area contributed by atoms with E-state index in [1.54, 1.807) is 12.1 Å². The Labute approximate surface area is 163 Å². The van der Waals surface area contributed by atoms with Gasteiger partial charge in [0.05, 0.1) is 5.69 Å². The smallest absolute Gasteiger partial charge is 0.269 e. The molecule has 0 radical (unpaired) electrons. The van der Waals surface area contributed by atoms with Gasteiger partial charge in [-0.2, -0.15) is 0 Å². The first-order valence-electron chi connectivity index (χ1n) is 8.46. The lowest BCUT2D eigenvalue weighted by atomic mass is 10.1. The van der Waals surface area contributed by atoms with Crippen molar-refractivity contribution in [1.29, 1.82) is 0 Å². The molecular formula is C21H20N4OS. The topological polar surface area (TPSA) is 65.2 Å². The first-order chi connectivity index (χ1) is 13.1. The number of anilines is 3. The van der Waals surface area contributed by atoms with Gasteiger partial charge in [-0.25, -0.2) is 0 Å². The quantitative estimate of drug-likeness (QED) is 0.388. The average molecular weight is 376 g/mol. The Bertz CT molecular complexity index is 909. The molecule has 4 N–H and O–H groups in total. The minimum Gasteiger partial charge on any atom is -0.332 e. The molecule has 3 rings (SSSR count). The standard InChI is InChI=1S/C21H20N4OS/c1-15-7-9-16(10-8-15)20(26)25-24-19-13-11-18(12-14-19)23-21(27)22-17-5-3-2-4-6-17/h2-14,24H,1H3,(H,25,26)(H2,22,23,27). The molecule has 0 bridgehead atoms. The monoisotopic (exact) mass is 376 g/mol. The molecule has 0 aromatic heterocycles. The van der Waals surface area contributed by atoms with Crippen molar-refractivity contribution in [3.05, 3.63) is 90.0 Å². The molecule has 0 saturated carbocycles. The van der Waals surface area contributed by atoms with Gasteiger partial charge in [-0.3, -0.25) is 15.6 Å². The summed E-state index contributed by atoms with van der Waals surface area (Å²) in [6.07, 6.45) is 0. The highest BCUT2D eigenvalue weighted by Gasteiger charge is 2.04. The fourth-order valence-corrected chi connectivity index (χ4v) is 2.59. The lowest BCUT2D eigenvalue weighted by Crippen LogP contribution is -2.29. The second-order valence-corrected chi connectivity index (χ2v) is 6.38. The lowest BCUT2D eigenvalue weighted by molar-refractivity contribution is 0.0962. The molecule has 0 aliphatic heterocycles. The Morgan fingerprint density at radius 1 is 0.741 bits per heavy atom. The Hall–Kier alpha value is -3.38. The first kappa shape index (κ1) is 18.4. The van der Waals surface area contributed by atoms with Gasteiger partial charge >= 0.3 is 0 Å². The van der Waals surface area contributed by atoms with E-state index in [1.165, 1.54) is 0 Å². The predicted molar refractivity (Wildman–Crippen MR) is 115 cm³/mol. The SMILES string of the molecule is Cc1ccc(C(=O)NNc2ccc(NC(=S)Nc3ccccc3)cc2)cc1. The number of carbonyl (C=O) groups is 1. The summed E-state index contributed by atoms with van der Waals surface area (Å²) in [6.45, 7) is 1.98. The van der Waals surface area contributed by atoms with Crippen LogP contribution in [0.4, 0.5) is 17.1 Å². The molecule has 0 aliphatic rings. The summed E-state index contributed by atoms with van der Waals surface area (Å²) in [6, 6.07) is 24.6. The van der Waals surface area contributed by atoms with E-state index >= 15 is 0 Å². The predicted octanol–water partition coefficient (Wildman–Crippen LogP) is 4.56. The fraction of sp³-hybridized carbons (Fsp3) is 0.0476. The molecule has 0 fully saturated rings. The van der Waals surface area contributed by atoms with E-state index in [9.17, 15) is 4.79 Å². The van der Waals surface area contributed by atoms with Gasteiger partial charge in [-0.05, 0) is 67.7 Å². The zero-order valence-corrected chi connectivity index (χ0v) is 15.6. The van der Waals surface area contributed by atoms with Gasteiger partial charge in [0.15, 0.2) is 5.11 Å². The third kappa shape index (κ3) is 5.55. The third-order valence-corrected chi connectivity index (χ3v) is 4.01. The van der Waals surface area contributed by atoms with Crippen LogP contribution < -0.4 is 21.5 Å². The Balaban J connectivity index is 1.50. The highest BCUT2D eigenvalue weighted by molar-refractivity contribution is 7.80. The van der Waals surface area contributed by atoms with Crippen molar-refractivity contribution in [2.75, 3.05) is 16.1 Å². The minimum absolute atomic E-state index is 0.189. The molecule has 0 unspecified atom stereocenters. The summed E-state index contributed by atoms with van der Waals surface area (Å²) in [5.41, 5.74) is 9.83. The summed E-state index contributed by atoms with van der Waals surface area (Å²) in [5, 5.41) is 6.74. The van der Waals surface area contributed by atoms with Gasteiger partial charge in [0.2, 0.25) is 0 Å². The number of hydrogen-bond donors (Lipinski definition) is 4. The normalized spacial score (nSPS) is 9.96. The summed E-state index contributed by atoms with van der Waals surface area (Å²) < 4.78 is 0. The van der Waals surface area contributed by atoms with Crippen LogP contribution in [-0.2, 0) is 0 Å². The molecule has 6 heteroatoms.